The number of hydrogen-bond acceptors (Lipinski definition) is 2. The van der Waals surface area contributed by atoms with Crippen molar-refractivity contribution in [2.45, 2.75) is 27.2 Å². The third kappa shape index (κ3) is 4.72. The first-order valence-electron chi connectivity index (χ1n) is 7.38. The van der Waals surface area contributed by atoms with E-state index in [0.717, 1.165) is 22.0 Å². The number of carbonyl (C=O) groups excluding carboxylic acids is 1. The summed E-state index contributed by atoms with van der Waals surface area (Å²) in [5.41, 5.74) is 3.82. The quantitative estimate of drug-likeness (QED) is 0.745. The lowest BCUT2D eigenvalue weighted by molar-refractivity contribution is -0.118. The molecule has 2 aromatic rings. The highest BCUT2D eigenvalue weighted by Crippen LogP contribution is 2.28. The molecular weight excluding hydrogens is 378 g/mol. The molecule has 5 heteroatoms. The van der Waals surface area contributed by atoms with Crippen LogP contribution >= 0.6 is 27.5 Å². The lowest BCUT2D eigenvalue weighted by Crippen LogP contribution is -2.21. The van der Waals surface area contributed by atoms with E-state index in [1.807, 2.05) is 44.2 Å². The Morgan fingerprint density at radius 3 is 2.61 bits per heavy atom. The SMILES string of the molecule is CCc1ccc(OCC(=O)Nc2c(C)cc(C)cc2Cl)c(Br)c1. The van der Waals surface area contributed by atoms with Crippen LogP contribution in [0.2, 0.25) is 5.02 Å². The molecule has 1 N–H and O–H groups in total. The van der Waals surface area contributed by atoms with Crippen molar-refractivity contribution in [2.75, 3.05) is 11.9 Å². The molecule has 23 heavy (non-hydrogen) atoms. The van der Waals surface area contributed by atoms with Gasteiger partial charge in [0.15, 0.2) is 6.61 Å². The molecule has 0 bridgehead atoms. The van der Waals surface area contributed by atoms with Crippen LogP contribution in [0.25, 0.3) is 0 Å². The van der Waals surface area contributed by atoms with Gasteiger partial charge in [0.25, 0.3) is 5.91 Å². The minimum Gasteiger partial charge on any atom is -0.483 e. The Morgan fingerprint density at radius 1 is 1.26 bits per heavy atom. The van der Waals surface area contributed by atoms with Crippen LogP contribution in [0.5, 0.6) is 5.75 Å². The maximum Gasteiger partial charge on any atom is 0.262 e. The van der Waals surface area contributed by atoms with Gasteiger partial charge in [-0.2, -0.15) is 0 Å². The molecule has 2 rings (SSSR count). The smallest absolute Gasteiger partial charge is 0.262 e. The Morgan fingerprint density at radius 2 is 2.00 bits per heavy atom. The summed E-state index contributed by atoms with van der Waals surface area (Å²) in [4.78, 5) is 12.1. The molecule has 122 valence electrons. The lowest BCUT2D eigenvalue weighted by Gasteiger charge is -2.13. The molecule has 0 aromatic heterocycles. The van der Waals surface area contributed by atoms with Gasteiger partial charge in [-0.25, -0.2) is 0 Å². The Bertz CT molecular complexity index is 708. The van der Waals surface area contributed by atoms with Gasteiger partial charge < -0.3 is 10.1 Å². The lowest BCUT2D eigenvalue weighted by atomic mass is 10.1. The van der Waals surface area contributed by atoms with E-state index < -0.39 is 0 Å². The van der Waals surface area contributed by atoms with Gasteiger partial charge >= 0.3 is 0 Å². The molecule has 0 radical (unpaired) electrons. The van der Waals surface area contributed by atoms with Gasteiger partial charge in [-0.1, -0.05) is 30.7 Å². The number of ether oxygens (including phenoxy) is 1. The molecule has 0 heterocycles. The molecule has 0 aliphatic carbocycles. The van der Waals surface area contributed by atoms with E-state index in [9.17, 15) is 4.79 Å². The Balaban J connectivity index is 2.01. The number of hydrogen-bond donors (Lipinski definition) is 1. The van der Waals surface area contributed by atoms with Crippen molar-refractivity contribution in [3.05, 3.63) is 56.5 Å². The monoisotopic (exact) mass is 395 g/mol. The average Bonchev–Trinajstić information content (AvgIpc) is 2.49. The van der Waals surface area contributed by atoms with Crippen molar-refractivity contribution >= 4 is 39.1 Å². The predicted octanol–water partition coefficient (Wildman–Crippen LogP) is 5.30. The fraction of sp³-hybridized carbons (Fsp3) is 0.278. The van der Waals surface area contributed by atoms with Crippen molar-refractivity contribution in [3.63, 3.8) is 0 Å². The van der Waals surface area contributed by atoms with Gasteiger partial charge in [0, 0.05) is 0 Å². The molecule has 1 amide bonds. The van der Waals surface area contributed by atoms with E-state index in [2.05, 4.69) is 28.2 Å². The maximum absolute atomic E-state index is 12.1. The number of benzene rings is 2. The molecule has 0 saturated carbocycles. The van der Waals surface area contributed by atoms with Crippen LogP contribution in [0.3, 0.4) is 0 Å². The first-order chi connectivity index (χ1) is 10.9. The van der Waals surface area contributed by atoms with Crippen molar-refractivity contribution in [1.29, 1.82) is 0 Å². The molecule has 0 spiro atoms. The third-order valence-corrected chi connectivity index (χ3v) is 4.38. The zero-order valence-corrected chi connectivity index (χ0v) is 15.7. The minimum atomic E-state index is -0.245. The van der Waals surface area contributed by atoms with E-state index >= 15 is 0 Å². The number of amides is 1. The van der Waals surface area contributed by atoms with E-state index in [4.69, 9.17) is 16.3 Å². The second kappa shape index (κ2) is 7.84. The van der Waals surface area contributed by atoms with Gasteiger partial charge in [0.05, 0.1) is 15.2 Å². The zero-order chi connectivity index (χ0) is 17.0. The summed E-state index contributed by atoms with van der Waals surface area (Å²) in [7, 11) is 0. The van der Waals surface area contributed by atoms with E-state index in [-0.39, 0.29) is 12.5 Å². The van der Waals surface area contributed by atoms with E-state index in [1.165, 1.54) is 5.56 Å². The number of anilines is 1. The molecule has 0 saturated heterocycles. The Hall–Kier alpha value is -1.52. The molecule has 0 aliphatic heterocycles. The Kier molecular flexibility index (Phi) is 6.08. The van der Waals surface area contributed by atoms with Crippen LogP contribution < -0.4 is 10.1 Å². The second-order valence-electron chi connectivity index (χ2n) is 5.39. The number of carbonyl (C=O) groups is 1. The van der Waals surface area contributed by atoms with Crippen LogP contribution in [0.1, 0.15) is 23.6 Å². The normalized spacial score (nSPS) is 10.5. The summed E-state index contributed by atoms with van der Waals surface area (Å²) in [6.07, 6.45) is 0.949. The number of halogens is 2. The van der Waals surface area contributed by atoms with Gasteiger partial charge in [0.1, 0.15) is 5.75 Å². The van der Waals surface area contributed by atoms with Gasteiger partial charge in [-0.05, 0) is 71.1 Å². The van der Waals surface area contributed by atoms with E-state index in [0.29, 0.717) is 16.5 Å². The maximum atomic E-state index is 12.1. The summed E-state index contributed by atoms with van der Waals surface area (Å²) in [5.74, 6) is 0.398. The van der Waals surface area contributed by atoms with Crippen molar-refractivity contribution in [2.24, 2.45) is 0 Å². The topological polar surface area (TPSA) is 38.3 Å². The molecule has 0 fully saturated rings. The van der Waals surface area contributed by atoms with Crippen LogP contribution in [-0.4, -0.2) is 12.5 Å². The molecule has 0 aliphatic rings. The molecule has 2 aromatic carbocycles. The summed E-state index contributed by atoms with van der Waals surface area (Å²) in [6, 6.07) is 9.64. The largest absolute Gasteiger partial charge is 0.483 e. The highest BCUT2D eigenvalue weighted by atomic mass is 79.9. The van der Waals surface area contributed by atoms with Gasteiger partial charge in [0.2, 0.25) is 0 Å². The predicted molar refractivity (Wildman–Crippen MR) is 98.6 cm³/mol. The van der Waals surface area contributed by atoms with Crippen molar-refractivity contribution < 1.29 is 9.53 Å². The summed E-state index contributed by atoms with van der Waals surface area (Å²) in [5, 5.41) is 3.34. The highest BCUT2D eigenvalue weighted by Gasteiger charge is 2.11. The number of aryl methyl sites for hydroxylation is 3. The minimum absolute atomic E-state index is 0.0757. The summed E-state index contributed by atoms with van der Waals surface area (Å²) >= 11 is 9.65. The molecule has 0 unspecified atom stereocenters. The first-order valence-corrected chi connectivity index (χ1v) is 8.55. The van der Waals surface area contributed by atoms with Crippen LogP contribution in [-0.2, 0) is 11.2 Å². The number of nitrogens with one attached hydrogen (secondary N) is 1. The van der Waals surface area contributed by atoms with Crippen LogP contribution in [0, 0.1) is 13.8 Å². The van der Waals surface area contributed by atoms with Crippen LogP contribution in [0.15, 0.2) is 34.8 Å². The highest BCUT2D eigenvalue weighted by molar-refractivity contribution is 9.10. The molecular formula is C18H19BrClNO2. The standard InChI is InChI=1S/C18H19BrClNO2/c1-4-13-5-6-16(14(19)9-13)23-10-17(22)21-18-12(3)7-11(2)8-15(18)20/h5-9H,4,10H2,1-3H3,(H,21,22). The van der Waals surface area contributed by atoms with Crippen molar-refractivity contribution in [3.8, 4) is 5.75 Å². The van der Waals surface area contributed by atoms with Gasteiger partial charge in [-0.3, -0.25) is 4.79 Å². The number of rotatable bonds is 5. The zero-order valence-electron chi connectivity index (χ0n) is 13.4. The summed E-state index contributed by atoms with van der Waals surface area (Å²) < 4.78 is 6.41. The molecule has 0 atom stereocenters. The average molecular weight is 397 g/mol. The van der Waals surface area contributed by atoms with Crippen molar-refractivity contribution in [1.82, 2.24) is 0 Å². The first kappa shape index (κ1) is 17.8. The van der Waals surface area contributed by atoms with E-state index in [1.54, 1.807) is 0 Å². The Labute approximate surface area is 150 Å². The molecule has 3 nitrogen and oxygen atoms in total. The fourth-order valence-electron chi connectivity index (χ4n) is 2.27. The fourth-order valence-corrected chi connectivity index (χ4v) is 3.18. The van der Waals surface area contributed by atoms with Crippen LogP contribution in [0.4, 0.5) is 5.69 Å². The second-order valence-corrected chi connectivity index (χ2v) is 6.66. The third-order valence-electron chi connectivity index (χ3n) is 3.46. The van der Waals surface area contributed by atoms with Gasteiger partial charge in [-0.15, -0.1) is 0 Å². The summed E-state index contributed by atoms with van der Waals surface area (Å²) in [6.45, 7) is 5.89.